The third kappa shape index (κ3) is 3.55. The smallest absolute Gasteiger partial charge is 0.404 e. The lowest BCUT2D eigenvalue weighted by Gasteiger charge is -2.09. The van der Waals surface area contributed by atoms with Crippen LogP contribution < -0.4 is 5.32 Å². The lowest BCUT2D eigenvalue weighted by molar-refractivity contribution is -0.402. The molecule has 1 unspecified atom stereocenters. The minimum atomic E-state index is -0.545. The van der Waals surface area contributed by atoms with Crippen molar-refractivity contribution >= 4 is 5.88 Å². The maximum Gasteiger partial charge on any atom is 0.433 e. The van der Waals surface area contributed by atoms with E-state index in [1.165, 1.54) is 6.07 Å². The van der Waals surface area contributed by atoms with Crippen molar-refractivity contribution in [2.24, 2.45) is 0 Å². The molecule has 1 rings (SSSR count). The summed E-state index contributed by atoms with van der Waals surface area (Å²) in [4.78, 5) is 9.79. The SMILES string of the molecule is C=CCC(C)NCc1ccc([N+](=O)[O-])o1. The molecule has 1 atom stereocenters. The molecule has 5 heteroatoms. The molecule has 1 aromatic rings. The van der Waals surface area contributed by atoms with E-state index in [2.05, 4.69) is 11.9 Å². The number of rotatable bonds is 6. The van der Waals surface area contributed by atoms with Gasteiger partial charge >= 0.3 is 5.88 Å². The lowest BCUT2D eigenvalue weighted by Crippen LogP contribution is -2.24. The van der Waals surface area contributed by atoms with Crippen LogP contribution >= 0.6 is 0 Å². The van der Waals surface area contributed by atoms with Crippen LogP contribution in [0.2, 0.25) is 0 Å². The quantitative estimate of drug-likeness (QED) is 0.444. The minimum Gasteiger partial charge on any atom is -0.404 e. The molecule has 0 aliphatic heterocycles. The summed E-state index contributed by atoms with van der Waals surface area (Å²) >= 11 is 0. The molecular formula is C10H14N2O3. The molecule has 0 bridgehead atoms. The van der Waals surface area contributed by atoms with Gasteiger partial charge < -0.3 is 9.73 Å². The van der Waals surface area contributed by atoms with E-state index in [4.69, 9.17) is 4.42 Å². The Bertz CT molecular complexity index is 346. The van der Waals surface area contributed by atoms with Crippen LogP contribution in [0.25, 0.3) is 0 Å². The van der Waals surface area contributed by atoms with Gasteiger partial charge in [0, 0.05) is 6.04 Å². The summed E-state index contributed by atoms with van der Waals surface area (Å²) in [5, 5.41) is 13.5. The lowest BCUT2D eigenvalue weighted by atomic mass is 10.2. The second-order valence-corrected chi connectivity index (χ2v) is 3.30. The number of hydrogen-bond acceptors (Lipinski definition) is 4. The second kappa shape index (κ2) is 5.31. The van der Waals surface area contributed by atoms with Crippen molar-refractivity contribution in [2.45, 2.75) is 25.9 Å². The fraction of sp³-hybridized carbons (Fsp3) is 0.400. The van der Waals surface area contributed by atoms with Crippen LogP contribution in [0.5, 0.6) is 0 Å². The van der Waals surface area contributed by atoms with Gasteiger partial charge in [-0.05, 0) is 19.4 Å². The molecule has 1 heterocycles. The van der Waals surface area contributed by atoms with E-state index in [0.717, 1.165) is 6.42 Å². The molecule has 0 saturated heterocycles. The van der Waals surface area contributed by atoms with Crippen molar-refractivity contribution in [3.05, 3.63) is 40.7 Å². The maximum atomic E-state index is 10.3. The van der Waals surface area contributed by atoms with E-state index < -0.39 is 4.92 Å². The van der Waals surface area contributed by atoms with Gasteiger partial charge in [0.2, 0.25) is 0 Å². The Morgan fingerprint density at radius 3 is 3.00 bits per heavy atom. The van der Waals surface area contributed by atoms with Crippen LogP contribution in [0.3, 0.4) is 0 Å². The molecule has 0 aliphatic carbocycles. The summed E-state index contributed by atoms with van der Waals surface area (Å²) in [7, 11) is 0. The summed E-state index contributed by atoms with van der Waals surface area (Å²) in [6.07, 6.45) is 2.67. The summed E-state index contributed by atoms with van der Waals surface area (Å²) in [6, 6.07) is 3.24. The Kier molecular flexibility index (Phi) is 4.05. The fourth-order valence-corrected chi connectivity index (χ4v) is 1.17. The van der Waals surface area contributed by atoms with Crippen molar-refractivity contribution in [1.29, 1.82) is 0 Å². The van der Waals surface area contributed by atoms with E-state index in [-0.39, 0.29) is 11.9 Å². The molecule has 5 nitrogen and oxygen atoms in total. The first-order valence-electron chi connectivity index (χ1n) is 4.71. The van der Waals surface area contributed by atoms with Gasteiger partial charge in [-0.2, -0.15) is 0 Å². The zero-order valence-corrected chi connectivity index (χ0v) is 8.60. The molecule has 0 spiro atoms. The highest BCUT2D eigenvalue weighted by Gasteiger charge is 2.11. The molecule has 82 valence electrons. The van der Waals surface area contributed by atoms with Crippen molar-refractivity contribution in [3.63, 3.8) is 0 Å². The predicted molar refractivity (Wildman–Crippen MR) is 56.5 cm³/mol. The summed E-state index contributed by atoms with van der Waals surface area (Å²) < 4.78 is 4.99. The topological polar surface area (TPSA) is 68.3 Å². The molecule has 0 saturated carbocycles. The van der Waals surface area contributed by atoms with Gasteiger partial charge in [0.25, 0.3) is 0 Å². The van der Waals surface area contributed by atoms with Crippen molar-refractivity contribution < 1.29 is 9.34 Å². The first kappa shape index (κ1) is 11.5. The highest BCUT2D eigenvalue weighted by atomic mass is 16.6. The van der Waals surface area contributed by atoms with Crippen molar-refractivity contribution in [2.75, 3.05) is 0 Å². The molecule has 0 radical (unpaired) electrons. The van der Waals surface area contributed by atoms with Gasteiger partial charge in [-0.15, -0.1) is 6.58 Å². The number of nitro groups is 1. The third-order valence-corrected chi connectivity index (χ3v) is 1.97. The van der Waals surface area contributed by atoms with Gasteiger partial charge in [-0.25, -0.2) is 0 Å². The van der Waals surface area contributed by atoms with E-state index in [0.29, 0.717) is 12.3 Å². The average Bonchev–Trinajstić information content (AvgIpc) is 2.63. The fourth-order valence-electron chi connectivity index (χ4n) is 1.17. The molecular weight excluding hydrogens is 196 g/mol. The molecule has 0 fully saturated rings. The standard InChI is InChI=1S/C10H14N2O3/c1-3-4-8(2)11-7-9-5-6-10(15-9)12(13)14/h3,5-6,8,11H,1,4,7H2,2H3. The monoisotopic (exact) mass is 210 g/mol. The molecule has 1 N–H and O–H groups in total. The summed E-state index contributed by atoms with van der Waals surface area (Å²) in [6.45, 7) is 6.13. The zero-order valence-electron chi connectivity index (χ0n) is 8.60. The maximum absolute atomic E-state index is 10.3. The third-order valence-electron chi connectivity index (χ3n) is 1.97. The Hall–Kier alpha value is -1.62. The van der Waals surface area contributed by atoms with Crippen LogP contribution in [-0.2, 0) is 6.54 Å². The van der Waals surface area contributed by atoms with Crippen LogP contribution in [0, 0.1) is 10.1 Å². The Balaban J connectivity index is 2.44. The molecule has 0 aliphatic rings. The van der Waals surface area contributed by atoms with Crippen LogP contribution in [-0.4, -0.2) is 11.0 Å². The Morgan fingerprint density at radius 1 is 1.73 bits per heavy atom. The largest absolute Gasteiger partial charge is 0.433 e. The number of nitrogens with one attached hydrogen (secondary N) is 1. The van der Waals surface area contributed by atoms with Gasteiger partial charge in [0.1, 0.15) is 10.7 Å². The highest BCUT2D eigenvalue weighted by molar-refractivity contribution is 5.17. The van der Waals surface area contributed by atoms with E-state index in [9.17, 15) is 10.1 Å². The second-order valence-electron chi connectivity index (χ2n) is 3.30. The van der Waals surface area contributed by atoms with Crippen molar-refractivity contribution in [1.82, 2.24) is 5.32 Å². The summed E-state index contributed by atoms with van der Waals surface area (Å²) in [5.74, 6) is 0.348. The Labute approximate surface area is 87.9 Å². The molecule has 0 aromatic carbocycles. The molecule has 1 aromatic heterocycles. The van der Waals surface area contributed by atoms with E-state index >= 15 is 0 Å². The van der Waals surface area contributed by atoms with Crippen LogP contribution in [0.1, 0.15) is 19.1 Å². The van der Waals surface area contributed by atoms with E-state index in [1.54, 1.807) is 6.07 Å². The number of hydrogen-bond donors (Lipinski definition) is 1. The highest BCUT2D eigenvalue weighted by Crippen LogP contribution is 2.15. The van der Waals surface area contributed by atoms with Crippen LogP contribution in [0.4, 0.5) is 5.88 Å². The van der Waals surface area contributed by atoms with Crippen molar-refractivity contribution in [3.8, 4) is 0 Å². The summed E-state index contributed by atoms with van der Waals surface area (Å²) in [5.41, 5.74) is 0. The van der Waals surface area contributed by atoms with E-state index in [1.807, 2.05) is 13.0 Å². The first-order chi connectivity index (χ1) is 7.13. The van der Waals surface area contributed by atoms with Crippen LogP contribution in [0.15, 0.2) is 29.2 Å². The molecule has 15 heavy (non-hydrogen) atoms. The Morgan fingerprint density at radius 2 is 2.47 bits per heavy atom. The van der Waals surface area contributed by atoms with Gasteiger partial charge in [-0.1, -0.05) is 6.08 Å². The first-order valence-corrected chi connectivity index (χ1v) is 4.71. The van der Waals surface area contributed by atoms with Gasteiger partial charge in [-0.3, -0.25) is 10.1 Å². The number of nitrogens with zero attached hydrogens (tertiary/aromatic N) is 1. The normalized spacial score (nSPS) is 12.3. The van der Waals surface area contributed by atoms with Gasteiger partial charge in [0.05, 0.1) is 12.6 Å². The molecule has 0 amide bonds. The predicted octanol–water partition coefficient (Wildman–Crippen LogP) is 2.24. The average molecular weight is 210 g/mol. The zero-order chi connectivity index (χ0) is 11.3. The minimum absolute atomic E-state index is 0.219. The van der Waals surface area contributed by atoms with Gasteiger partial charge in [0.15, 0.2) is 0 Å². The number of furan rings is 1.